The molecule has 5 nitrogen and oxygen atoms in total. The maximum atomic E-state index is 10.5. The molecule has 1 aliphatic rings. The normalized spacial score (nSPS) is 16.8. The fourth-order valence-corrected chi connectivity index (χ4v) is 3.99. The van der Waals surface area contributed by atoms with Crippen LogP contribution in [0.25, 0.3) is 10.9 Å². The quantitative estimate of drug-likeness (QED) is 0.606. The van der Waals surface area contributed by atoms with Crippen LogP contribution in [-0.2, 0) is 0 Å². The molecule has 0 bridgehead atoms. The van der Waals surface area contributed by atoms with Crippen LogP contribution in [0.1, 0.15) is 18.4 Å². The predicted octanol–water partition coefficient (Wildman–Crippen LogP) is 4.01. The van der Waals surface area contributed by atoms with Crippen molar-refractivity contribution in [3.05, 3.63) is 60.3 Å². The lowest BCUT2D eigenvalue weighted by Gasteiger charge is -2.33. The molecule has 2 heterocycles. The second-order valence-electron chi connectivity index (χ2n) is 8.03. The Bertz CT molecular complexity index is 901. The van der Waals surface area contributed by atoms with Gasteiger partial charge in [-0.2, -0.15) is 0 Å². The number of hydrogen-bond acceptors (Lipinski definition) is 4. The standard InChI is InChI=1S/C24H30N2O3/c1-18-13-23-22(7-10-25-23)24(14-18)29-17-20(27)15-26-11-8-19(9-12-26)16-28-21-5-3-2-4-6-21/h2-7,10,13-14,19-20,25,27H,8-9,11-12,15-17H2,1H3. The lowest BCUT2D eigenvalue weighted by Crippen LogP contribution is -2.41. The number of aliphatic hydroxyl groups excluding tert-OH is 1. The van der Waals surface area contributed by atoms with Gasteiger partial charge in [0.1, 0.15) is 24.2 Å². The van der Waals surface area contributed by atoms with Crippen LogP contribution in [0, 0.1) is 12.8 Å². The minimum Gasteiger partial charge on any atom is -0.493 e. The number of β-amino-alcohol motifs (C(OH)–C–C–N with tert-alkyl or cyclic N) is 1. The Morgan fingerprint density at radius 2 is 1.90 bits per heavy atom. The first-order valence-corrected chi connectivity index (χ1v) is 10.5. The van der Waals surface area contributed by atoms with Gasteiger partial charge in [0.25, 0.3) is 0 Å². The highest BCUT2D eigenvalue weighted by Crippen LogP contribution is 2.27. The van der Waals surface area contributed by atoms with Gasteiger partial charge in [-0.25, -0.2) is 0 Å². The van der Waals surface area contributed by atoms with Crippen LogP contribution in [0.4, 0.5) is 0 Å². The number of H-pyrrole nitrogens is 1. The van der Waals surface area contributed by atoms with Gasteiger partial charge in [0.05, 0.1) is 6.61 Å². The largest absolute Gasteiger partial charge is 0.493 e. The number of benzene rings is 2. The summed E-state index contributed by atoms with van der Waals surface area (Å²) in [5.41, 5.74) is 2.21. The summed E-state index contributed by atoms with van der Waals surface area (Å²) in [5.74, 6) is 2.35. The Morgan fingerprint density at radius 1 is 1.10 bits per heavy atom. The molecular weight excluding hydrogens is 364 g/mol. The number of nitrogens with one attached hydrogen (secondary N) is 1. The monoisotopic (exact) mass is 394 g/mol. The summed E-state index contributed by atoms with van der Waals surface area (Å²) in [5, 5.41) is 11.5. The van der Waals surface area contributed by atoms with E-state index in [1.54, 1.807) is 0 Å². The van der Waals surface area contributed by atoms with Gasteiger partial charge in [-0.1, -0.05) is 18.2 Å². The van der Waals surface area contributed by atoms with Gasteiger partial charge in [0, 0.05) is 23.6 Å². The molecule has 4 rings (SSSR count). The minimum absolute atomic E-state index is 0.306. The van der Waals surface area contributed by atoms with Crippen molar-refractivity contribution < 1.29 is 14.6 Å². The lowest BCUT2D eigenvalue weighted by molar-refractivity contribution is 0.0507. The third-order valence-corrected chi connectivity index (χ3v) is 5.61. The molecule has 0 radical (unpaired) electrons. The van der Waals surface area contributed by atoms with E-state index >= 15 is 0 Å². The molecular formula is C24H30N2O3. The minimum atomic E-state index is -0.498. The number of rotatable bonds is 8. The number of piperidine rings is 1. The molecule has 1 unspecified atom stereocenters. The summed E-state index contributed by atoms with van der Waals surface area (Å²) >= 11 is 0. The Morgan fingerprint density at radius 3 is 2.69 bits per heavy atom. The second-order valence-corrected chi connectivity index (χ2v) is 8.03. The zero-order valence-corrected chi connectivity index (χ0v) is 17.0. The first-order valence-electron chi connectivity index (χ1n) is 10.5. The summed E-state index contributed by atoms with van der Waals surface area (Å²) < 4.78 is 11.9. The van der Waals surface area contributed by atoms with Gasteiger partial charge < -0.3 is 24.5 Å². The third-order valence-electron chi connectivity index (χ3n) is 5.61. The van der Waals surface area contributed by atoms with E-state index < -0.39 is 6.10 Å². The maximum absolute atomic E-state index is 10.5. The molecule has 1 fully saturated rings. The van der Waals surface area contributed by atoms with Crippen molar-refractivity contribution >= 4 is 10.9 Å². The highest BCUT2D eigenvalue weighted by Gasteiger charge is 2.22. The Labute approximate surface area is 172 Å². The zero-order chi connectivity index (χ0) is 20.1. The number of para-hydroxylation sites is 1. The predicted molar refractivity (Wildman–Crippen MR) is 116 cm³/mol. The van der Waals surface area contributed by atoms with Crippen LogP contribution in [0.15, 0.2) is 54.7 Å². The van der Waals surface area contributed by atoms with E-state index in [9.17, 15) is 5.11 Å². The number of aryl methyl sites for hydroxylation is 1. The van der Waals surface area contributed by atoms with Crippen molar-refractivity contribution in [2.45, 2.75) is 25.9 Å². The topological polar surface area (TPSA) is 57.7 Å². The number of likely N-dealkylation sites (tertiary alicyclic amines) is 1. The van der Waals surface area contributed by atoms with Crippen molar-refractivity contribution in [1.82, 2.24) is 9.88 Å². The summed E-state index contributed by atoms with van der Waals surface area (Å²) in [4.78, 5) is 5.55. The van der Waals surface area contributed by atoms with Crippen LogP contribution >= 0.6 is 0 Å². The molecule has 29 heavy (non-hydrogen) atoms. The van der Waals surface area contributed by atoms with Crippen molar-refractivity contribution in [3.8, 4) is 11.5 Å². The molecule has 2 N–H and O–H groups in total. The van der Waals surface area contributed by atoms with E-state index in [-0.39, 0.29) is 0 Å². The molecule has 0 spiro atoms. The molecule has 2 aromatic carbocycles. The lowest BCUT2D eigenvalue weighted by atomic mass is 9.97. The van der Waals surface area contributed by atoms with Crippen molar-refractivity contribution in [1.29, 1.82) is 0 Å². The van der Waals surface area contributed by atoms with Crippen LogP contribution < -0.4 is 9.47 Å². The van der Waals surface area contributed by atoms with Crippen LogP contribution in [0.5, 0.6) is 11.5 Å². The van der Waals surface area contributed by atoms with Crippen molar-refractivity contribution in [3.63, 3.8) is 0 Å². The average molecular weight is 395 g/mol. The van der Waals surface area contributed by atoms with E-state index in [2.05, 4.69) is 22.9 Å². The maximum Gasteiger partial charge on any atom is 0.129 e. The van der Waals surface area contributed by atoms with E-state index in [1.807, 2.05) is 48.7 Å². The molecule has 1 atom stereocenters. The Balaban J connectivity index is 1.20. The molecule has 154 valence electrons. The number of fused-ring (bicyclic) bond motifs is 1. The van der Waals surface area contributed by atoms with Gasteiger partial charge in [0.2, 0.25) is 0 Å². The summed E-state index contributed by atoms with van der Waals surface area (Å²) in [6, 6.07) is 16.1. The molecule has 0 amide bonds. The van der Waals surface area contributed by atoms with Gasteiger partial charge in [-0.3, -0.25) is 0 Å². The first-order chi connectivity index (χ1) is 14.2. The highest BCUT2D eigenvalue weighted by molar-refractivity contribution is 5.86. The molecule has 1 aromatic heterocycles. The third kappa shape index (κ3) is 5.31. The van der Waals surface area contributed by atoms with Crippen LogP contribution in [-0.4, -0.2) is 53.9 Å². The van der Waals surface area contributed by atoms with Crippen LogP contribution in [0.2, 0.25) is 0 Å². The molecule has 3 aromatic rings. The zero-order valence-electron chi connectivity index (χ0n) is 17.0. The summed E-state index contributed by atoms with van der Waals surface area (Å²) in [7, 11) is 0. The summed E-state index contributed by atoms with van der Waals surface area (Å²) in [6.07, 6.45) is 3.62. The van der Waals surface area contributed by atoms with Gasteiger partial charge in [-0.05, 0) is 74.7 Å². The second kappa shape index (κ2) is 9.33. The molecule has 1 saturated heterocycles. The van der Waals surface area contributed by atoms with E-state index in [0.717, 1.165) is 60.5 Å². The number of aromatic nitrogens is 1. The Kier molecular flexibility index (Phi) is 6.37. The average Bonchev–Trinajstić information content (AvgIpc) is 3.21. The summed E-state index contributed by atoms with van der Waals surface area (Å²) in [6.45, 7) is 5.76. The number of hydrogen-bond donors (Lipinski definition) is 2. The Hall–Kier alpha value is -2.50. The number of nitrogens with zero attached hydrogens (tertiary/aromatic N) is 1. The first kappa shape index (κ1) is 19.8. The number of aromatic amines is 1. The van der Waals surface area contributed by atoms with Crippen molar-refractivity contribution in [2.75, 3.05) is 32.8 Å². The highest BCUT2D eigenvalue weighted by atomic mass is 16.5. The fraction of sp³-hybridized carbons (Fsp3) is 0.417. The van der Waals surface area contributed by atoms with Crippen molar-refractivity contribution in [2.24, 2.45) is 5.92 Å². The molecule has 0 aliphatic carbocycles. The van der Waals surface area contributed by atoms with Crippen LogP contribution in [0.3, 0.4) is 0 Å². The molecule has 1 aliphatic heterocycles. The van der Waals surface area contributed by atoms with E-state index in [4.69, 9.17) is 9.47 Å². The number of aliphatic hydroxyl groups is 1. The van der Waals surface area contributed by atoms with Gasteiger partial charge >= 0.3 is 0 Å². The van der Waals surface area contributed by atoms with Gasteiger partial charge in [0.15, 0.2) is 0 Å². The molecule has 0 saturated carbocycles. The fourth-order valence-electron chi connectivity index (χ4n) is 3.99. The number of ether oxygens (including phenoxy) is 2. The van der Waals surface area contributed by atoms with E-state index in [1.165, 1.54) is 0 Å². The van der Waals surface area contributed by atoms with E-state index in [0.29, 0.717) is 19.1 Å². The molecule has 5 heteroatoms. The van der Waals surface area contributed by atoms with Gasteiger partial charge in [-0.15, -0.1) is 0 Å². The SMILES string of the molecule is Cc1cc(OCC(O)CN2CCC(COc3ccccc3)CC2)c2cc[nH]c2c1. The smallest absolute Gasteiger partial charge is 0.129 e.